The number of aromatic nitrogens is 2. The van der Waals surface area contributed by atoms with Gasteiger partial charge in [0.05, 0.1) is 11.5 Å². The van der Waals surface area contributed by atoms with E-state index in [9.17, 15) is 14.0 Å². The summed E-state index contributed by atoms with van der Waals surface area (Å²) >= 11 is 1.92. The molecule has 2 aromatic rings. The molecule has 23 heavy (non-hydrogen) atoms. The van der Waals surface area contributed by atoms with Crippen LogP contribution >= 0.6 is 22.6 Å². The SMILES string of the molecule is Cn1[nH]c(=O)c2c1N=C1CCC(=O)C1C2c1ccc(F)c(I)c1. The second-order valence-corrected chi connectivity index (χ2v) is 7.10. The molecular formula is C16H13FIN3O2. The molecule has 0 saturated heterocycles. The number of hydrogen-bond acceptors (Lipinski definition) is 3. The van der Waals surface area contributed by atoms with Crippen LogP contribution in [-0.2, 0) is 11.8 Å². The monoisotopic (exact) mass is 425 g/mol. The molecule has 1 fully saturated rings. The quantitative estimate of drug-likeness (QED) is 0.715. The summed E-state index contributed by atoms with van der Waals surface area (Å²) in [7, 11) is 1.73. The van der Waals surface area contributed by atoms with E-state index in [4.69, 9.17) is 0 Å². The van der Waals surface area contributed by atoms with Crippen molar-refractivity contribution in [3.8, 4) is 0 Å². The first kappa shape index (κ1) is 14.8. The van der Waals surface area contributed by atoms with E-state index in [1.807, 2.05) is 22.6 Å². The Kier molecular flexibility index (Phi) is 3.29. The number of nitrogens with zero attached hydrogens (tertiary/aromatic N) is 2. The van der Waals surface area contributed by atoms with Crippen LogP contribution in [0.25, 0.3) is 0 Å². The Bertz CT molecular complexity index is 928. The van der Waals surface area contributed by atoms with E-state index in [0.717, 1.165) is 11.3 Å². The Morgan fingerprint density at radius 3 is 2.83 bits per heavy atom. The molecule has 5 nitrogen and oxygen atoms in total. The lowest BCUT2D eigenvalue weighted by Gasteiger charge is -2.26. The number of ketones is 1. The molecule has 0 bridgehead atoms. The van der Waals surface area contributed by atoms with Crippen LogP contribution in [0.2, 0.25) is 0 Å². The molecule has 1 N–H and O–H groups in total. The number of benzene rings is 1. The van der Waals surface area contributed by atoms with Crippen molar-refractivity contribution in [2.45, 2.75) is 18.8 Å². The van der Waals surface area contributed by atoms with E-state index in [-0.39, 0.29) is 17.2 Å². The van der Waals surface area contributed by atoms with Gasteiger partial charge in [-0.3, -0.25) is 19.4 Å². The molecule has 1 aromatic carbocycles. The molecule has 118 valence electrons. The van der Waals surface area contributed by atoms with Crippen molar-refractivity contribution in [3.63, 3.8) is 0 Å². The van der Waals surface area contributed by atoms with E-state index in [0.29, 0.717) is 27.8 Å². The third kappa shape index (κ3) is 2.13. The first-order valence-electron chi connectivity index (χ1n) is 7.31. The molecule has 0 spiro atoms. The molecule has 7 heteroatoms. The topological polar surface area (TPSA) is 67.2 Å². The van der Waals surface area contributed by atoms with Gasteiger partial charge in [0.25, 0.3) is 5.56 Å². The number of nitrogens with one attached hydrogen (secondary N) is 1. The zero-order valence-electron chi connectivity index (χ0n) is 12.3. The molecule has 1 aromatic heterocycles. The van der Waals surface area contributed by atoms with Gasteiger partial charge in [0, 0.05) is 28.7 Å². The smallest absolute Gasteiger partial charge is 0.270 e. The van der Waals surface area contributed by atoms with E-state index >= 15 is 0 Å². The number of rotatable bonds is 1. The number of carbonyl (C=O) groups excluding carboxylic acids is 1. The van der Waals surface area contributed by atoms with Crippen LogP contribution in [-0.4, -0.2) is 21.3 Å². The van der Waals surface area contributed by atoms with Gasteiger partial charge in [0.1, 0.15) is 11.6 Å². The Morgan fingerprint density at radius 1 is 1.30 bits per heavy atom. The highest BCUT2D eigenvalue weighted by Gasteiger charge is 2.44. The maximum atomic E-state index is 13.6. The lowest BCUT2D eigenvalue weighted by molar-refractivity contribution is -0.120. The van der Waals surface area contributed by atoms with Crippen LogP contribution in [0.15, 0.2) is 28.0 Å². The molecule has 0 amide bonds. The fraction of sp³-hybridized carbons (Fsp3) is 0.312. The molecule has 2 heterocycles. The molecular weight excluding hydrogens is 412 g/mol. The van der Waals surface area contributed by atoms with E-state index in [1.165, 1.54) is 6.07 Å². The van der Waals surface area contributed by atoms with E-state index in [2.05, 4.69) is 10.1 Å². The fourth-order valence-electron chi connectivity index (χ4n) is 3.58. The van der Waals surface area contributed by atoms with Crippen LogP contribution in [0.3, 0.4) is 0 Å². The largest absolute Gasteiger partial charge is 0.299 e. The van der Waals surface area contributed by atoms with E-state index < -0.39 is 11.8 Å². The summed E-state index contributed by atoms with van der Waals surface area (Å²) in [5, 5.41) is 2.71. The van der Waals surface area contributed by atoms with E-state index in [1.54, 1.807) is 23.9 Å². The summed E-state index contributed by atoms with van der Waals surface area (Å²) in [5.41, 5.74) is 1.86. The second kappa shape index (κ2) is 5.12. The number of carbonyl (C=O) groups is 1. The zero-order valence-corrected chi connectivity index (χ0v) is 14.4. The standard InChI is InChI=1S/C16H13FIN3O2/c1-21-15-14(16(23)20-21)12(7-2-3-8(17)9(18)6-7)13-10(19-15)4-5-11(13)22/h2-3,6,12-13H,4-5H2,1H3,(H,20,23). The number of halogens is 2. The van der Waals surface area contributed by atoms with Gasteiger partial charge in [0.2, 0.25) is 0 Å². The molecule has 0 radical (unpaired) electrons. The van der Waals surface area contributed by atoms with Crippen molar-refractivity contribution < 1.29 is 9.18 Å². The summed E-state index contributed by atoms with van der Waals surface area (Å²) in [4.78, 5) is 29.3. The van der Waals surface area contributed by atoms with Gasteiger partial charge in [-0.05, 0) is 46.7 Å². The van der Waals surface area contributed by atoms with Gasteiger partial charge in [-0.15, -0.1) is 0 Å². The van der Waals surface area contributed by atoms with Crippen molar-refractivity contribution in [1.82, 2.24) is 9.78 Å². The Labute approximate surface area is 144 Å². The van der Waals surface area contributed by atoms with Crippen LogP contribution < -0.4 is 5.56 Å². The number of fused-ring (bicyclic) bond motifs is 2. The first-order chi connectivity index (χ1) is 11.0. The van der Waals surface area contributed by atoms with Crippen molar-refractivity contribution >= 4 is 39.9 Å². The summed E-state index contributed by atoms with van der Waals surface area (Å²) in [5.74, 6) is -0.444. The number of aliphatic imine (C=N–C) groups is 1. The normalized spacial score (nSPS) is 22.7. The molecule has 1 saturated carbocycles. The Morgan fingerprint density at radius 2 is 2.09 bits per heavy atom. The van der Waals surface area contributed by atoms with Crippen molar-refractivity contribution in [3.05, 3.63) is 49.1 Å². The number of H-pyrrole nitrogens is 1. The minimum absolute atomic E-state index is 0.0991. The molecule has 2 aliphatic rings. The van der Waals surface area contributed by atoms with Crippen molar-refractivity contribution in [2.75, 3.05) is 0 Å². The van der Waals surface area contributed by atoms with Crippen molar-refractivity contribution in [1.29, 1.82) is 0 Å². The van der Waals surface area contributed by atoms with Gasteiger partial charge in [-0.2, -0.15) is 0 Å². The lowest BCUT2D eigenvalue weighted by atomic mass is 9.77. The summed E-state index contributed by atoms with van der Waals surface area (Å²) in [6.07, 6.45) is 1.07. The van der Waals surface area contributed by atoms with Gasteiger partial charge in [0.15, 0.2) is 5.82 Å². The second-order valence-electron chi connectivity index (χ2n) is 5.94. The average molecular weight is 425 g/mol. The van der Waals surface area contributed by atoms with Crippen LogP contribution in [0.4, 0.5) is 10.2 Å². The number of Topliss-reactive ketones (excluding diaryl/α,β-unsaturated/α-hetero) is 1. The number of hydrogen-bond donors (Lipinski definition) is 1. The Balaban J connectivity index is 1.99. The van der Waals surface area contributed by atoms with Crippen LogP contribution in [0.5, 0.6) is 0 Å². The predicted octanol–water partition coefficient (Wildman–Crippen LogP) is 2.65. The molecule has 2 unspecified atom stereocenters. The predicted molar refractivity (Wildman–Crippen MR) is 91.8 cm³/mol. The highest BCUT2D eigenvalue weighted by atomic mass is 127. The van der Waals surface area contributed by atoms with Gasteiger partial charge < -0.3 is 0 Å². The Hall–Kier alpha value is -1.77. The average Bonchev–Trinajstić information content (AvgIpc) is 3.02. The zero-order chi connectivity index (χ0) is 16.3. The maximum Gasteiger partial charge on any atom is 0.270 e. The highest BCUT2D eigenvalue weighted by molar-refractivity contribution is 14.1. The third-order valence-electron chi connectivity index (χ3n) is 4.60. The van der Waals surface area contributed by atoms with Gasteiger partial charge in [-0.25, -0.2) is 9.38 Å². The highest BCUT2D eigenvalue weighted by Crippen LogP contribution is 2.44. The number of aromatic amines is 1. The van der Waals surface area contributed by atoms with Crippen LogP contribution in [0.1, 0.15) is 29.9 Å². The summed E-state index contributed by atoms with van der Waals surface area (Å²) in [6, 6.07) is 4.76. The first-order valence-corrected chi connectivity index (χ1v) is 8.39. The minimum Gasteiger partial charge on any atom is -0.299 e. The molecule has 1 aliphatic carbocycles. The van der Waals surface area contributed by atoms with Crippen molar-refractivity contribution in [2.24, 2.45) is 18.0 Å². The number of aryl methyl sites for hydroxylation is 1. The maximum absolute atomic E-state index is 13.6. The summed E-state index contributed by atoms with van der Waals surface area (Å²) < 4.78 is 15.7. The third-order valence-corrected chi connectivity index (χ3v) is 5.43. The lowest BCUT2D eigenvalue weighted by Crippen LogP contribution is -2.30. The minimum atomic E-state index is -0.410. The fourth-order valence-corrected chi connectivity index (χ4v) is 4.12. The molecule has 4 rings (SSSR count). The van der Waals surface area contributed by atoms with Gasteiger partial charge >= 0.3 is 0 Å². The summed E-state index contributed by atoms with van der Waals surface area (Å²) in [6.45, 7) is 0. The van der Waals surface area contributed by atoms with Gasteiger partial charge in [-0.1, -0.05) is 6.07 Å². The molecule has 2 atom stereocenters. The van der Waals surface area contributed by atoms with Crippen LogP contribution in [0, 0.1) is 15.3 Å². The molecule has 1 aliphatic heterocycles.